The largest absolute Gasteiger partial charge is 0.507 e. The number of hydrogen-bond donors (Lipinski definition) is 2. The van der Waals surface area contributed by atoms with Crippen molar-refractivity contribution >= 4 is 19.0 Å². The van der Waals surface area contributed by atoms with Crippen LogP contribution in [0.2, 0.25) is 0 Å². The third kappa shape index (κ3) is 4.14. The van der Waals surface area contributed by atoms with E-state index in [4.69, 9.17) is 9.31 Å². The third-order valence-electron chi connectivity index (χ3n) is 4.93. The molecule has 1 saturated heterocycles. The van der Waals surface area contributed by atoms with Crippen LogP contribution in [-0.2, 0) is 9.31 Å². The minimum atomic E-state index is -0.462. The number of Topliss-reactive ketones (excluding diaryl/α,β-unsaturated/α-hetero) is 1. The summed E-state index contributed by atoms with van der Waals surface area (Å²) in [5.74, 6) is -0.0756. The molecule has 0 bridgehead atoms. The molecule has 136 valence electrons. The fourth-order valence-electron chi connectivity index (χ4n) is 2.67. The maximum Gasteiger partial charge on any atom is 0.491 e. The first kappa shape index (κ1) is 19.7. The second kappa shape index (κ2) is 7.32. The fourth-order valence-corrected chi connectivity index (χ4v) is 2.67. The van der Waals surface area contributed by atoms with Gasteiger partial charge >= 0.3 is 7.12 Å². The SMILES string of the molecule is CCC(=O)c1cc(C=C(CNC)B2OC(C)(C)C(C)(C)O2)ccc1O. The van der Waals surface area contributed by atoms with Gasteiger partial charge in [0.25, 0.3) is 0 Å². The average molecular weight is 345 g/mol. The average Bonchev–Trinajstić information content (AvgIpc) is 2.76. The van der Waals surface area contributed by atoms with Gasteiger partial charge in [-0.2, -0.15) is 0 Å². The van der Waals surface area contributed by atoms with Crippen LogP contribution in [0.1, 0.15) is 57.0 Å². The number of benzene rings is 1. The van der Waals surface area contributed by atoms with E-state index >= 15 is 0 Å². The third-order valence-corrected chi connectivity index (χ3v) is 4.93. The van der Waals surface area contributed by atoms with Gasteiger partial charge in [0.05, 0.1) is 16.8 Å². The van der Waals surface area contributed by atoms with E-state index in [9.17, 15) is 9.90 Å². The predicted molar refractivity (Wildman–Crippen MR) is 101 cm³/mol. The minimum Gasteiger partial charge on any atom is -0.507 e. The van der Waals surface area contributed by atoms with Crippen molar-refractivity contribution in [1.29, 1.82) is 0 Å². The lowest BCUT2D eigenvalue weighted by atomic mass is 9.77. The zero-order valence-corrected chi connectivity index (χ0v) is 16.0. The zero-order valence-electron chi connectivity index (χ0n) is 16.0. The predicted octanol–water partition coefficient (Wildman–Crippen LogP) is 3.22. The molecule has 1 heterocycles. The van der Waals surface area contributed by atoms with Crippen molar-refractivity contribution in [2.45, 2.75) is 52.2 Å². The molecular weight excluding hydrogens is 317 g/mol. The molecule has 6 heteroatoms. The number of rotatable bonds is 6. The van der Waals surface area contributed by atoms with Gasteiger partial charge in [-0.1, -0.05) is 19.1 Å². The van der Waals surface area contributed by atoms with Gasteiger partial charge in [0.15, 0.2) is 5.78 Å². The molecule has 2 N–H and O–H groups in total. The number of ketones is 1. The van der Waals surface area contributed by atoms with Crippen molar-refractivity contribution in [2.24, 2.45) is 0 Å². The highest BCUT2D eigenvalue weighted by Gasteiger charge is 2.52. The number of aromatic hydroxyl groups is 1. The van der Waals surface area contributed by atoms with E-state index in [1.54, 1.807) is 25.1 Å². The Morgan fingerprint density at radius 3 is 2.36 bits per heavy atom. The molecule has 1 aliphatic heterocycles. The van der Waals surface area contributed by atoms with Crippen molar-refractivity contribution in [3.8, 4) is 5.75 Å². The second-order valence-electron chi connectivity index (χ2n) is 7.39. The highest BCUT2D eigenvalue weighted by molar-refractivity contribution is 6.55. The molecular formula is C19H28BNO4. The van der Waals surface area contributed by atoms with Gasteiger partial charge in [-0.25, -0.2) is 0 Å². The molecule has 0 unspecified atom stereocenters. The van der Waals surface area contributed by atoms with Crippen molar-refractivity contribution in [1.82, 2.24) is 5.32 Å². The Morgan fingerprint density at radius 2 is 1.84 bits per heavy atom. The lowest BCUT2D eigenvalue weighted by Crippen LogP contribution is -2.41. The highest BCUT2D eigenvalue weighted by atomic mass is 16.7. The first-order valence-electron chi connectivity index (χ1n) is 8.68. The number of likely N-dealkylation sites (N-methyl/N-ethyl adjacent to an activating group) is 1. The Labute approximate surface area is 150 Å². The maximum absolute atomic E-state index is 12.0. The summed E-state index contributed by atoms with van der Waals surface area (Å²) in [6.07, 6.45) is 2.30. The van der Waals surface area contributed by atoms with Gasteiger partial charge in [-0.15, -0.1) is 0 Å². The van der Waals surface area contributed by atoms with Gasteiger partial charge < -0.3 is 19.7 Å². The Kier molecular flexibility index (Phi) is 5.77. The Hall–Kier alpha value is -1.63. The van der Waals surface area contributed by atoms with Crippen molar-refractivity contribution in [3.63, 3.8) is 0 Å². The standard InChI is InChI=1S/C19H28BNO4/c1-7-16(22)15-11-13(8-9-17(15)23)10-14(12-21-6)20-24-18(2,3)19(4,5)25-20/h8-11,21,23H,7,12H2,1-6H3. The van der Waals surface area contributed by atoms with E-state index in [1.807, 2.05) is 40.8 Å². The number of phenols is 1. The van der Waals surface area contributed by atoms with Crippen LogP contribution in [0.15, 0.2) is 23.7 Å². The van der Waals surface area contributed by atoms with Gasteiger partial charge in [0, 0.05) is 13.0 Å². The van der Waals surface area contributed by atoms with Crippen molar-refractivity contribution in [2.75, 3.05) is 13.6 Å². The quantitative estimate of drug-likeness (QED) is 0.612. The van der Waals surface area contributed by atoms with Crippen LogP contribution in [0, 0.1) is 0 Å². The van der Waals surface area contributed by atoms with E-state index in [0.29, 0.717) is 18.5 Å². The van der Waals surface area contributed by atoms with E-state index in [0.717, 1.165) is 11.0 Å². The van der Waals surface area contributed by atoms with Crippen molar-refractivity contribution in [3.05, 3.63) is 34.8 Å². The molecule has 1 fully saturated rings. The summed E-state index contributed by atoms with van der Waals surface area (Å²) < 4.78 is 12.3. The molecule has 1 aromatic carbocycles. The number of nitrogens with one attached hydrogen (secondary N) is 1. The van der Waals surface area contributed by atoms with Crippen molar-refractivity contribution < 1.29 is 19.2 Å². The molecule has 0 saturated carbocycles. The molecule has 0 aromatic heterocycles. The molecule has 2 rings (SSSR count). The summed E-state index contributed by atoms with van der Waals surface area (Å²) in [5, 5.41) is 13.1. The van der Waals surface area contributed by atoms with Crippen LogP contribution in [0.5, 0.6) is 5.75 Å². The number of carbonyl (C=O) groups is 1. The van der Waals surface area contributed by atoms with Gasteiger partial charge in [0.2, 0.25) is 0 Å². The molecule has 0 spiro atoms. The van der Waals surface area contributed by atoms with Crippen LogP contribution in [0.25, 0.3) is 6.08 Å². The summed E-state index contributed by atoms with van der Waals surface area (Å²) in [6.45, 7) is 10.4. The molecule has 0 amide bonds. The fraction of sp³-hybridized carbons (Fsp3) is 0.526. The van der Waals surface area contributed by atoms with Gasteiger partial charge in [-0.05, 0) is 57.9 Å². The topological polar surface area (TPSA) is 67.8 Å². The molecule has 1 aliphatic rings. The van der Waals surface area contributed by atoms with Crippen LogP contribution >= 0.6 is 0 Å². The second-order valence-corrected chi connectivity index (χ2v) is 7.39. The summed E-state index contributed by atoms with van der Waals surface area (Å²) in [6, 6.07) is 5.04. The molecule has 0 radical (unpaired) electrons. The van der Waals surface area contributed by atoms with E-state index in [2.05, 4.69) is 5.32 Å². The monoisotopic (exact) mass is 345 g/mol. The molecule has 0 atom stereocenters. The lowest BCUT2D eigenvalue weighted by Gasteiger charge is -2.32. The van der Waals surface area contributed by atoms with E-state index in [1.165, 1.54) is 0 Å². The zero-order chi connectivity index (χ0) is 18.8. The first-order valence-corrected chi connectivity index (χ1v) is 8.68. The maximum atomic E-state index is 12.0. The Balaban J connectivity index is 2.37. The smallest absolute Gasteiger partial charge is 0.491 e. The molecule has 0 aliphatic carbocycles. The first-order chi connectivity index (χ1) is 11.6. The summed E-state index contributed by atoms with van der Waals surface area (Å²) in [4.78, 5) is 12.0. The van der Waals surface area contributed by atoms with Gasteiger partial charge in [-0.3, -0.25) is 4.79 Å². The van der Waals surface area contributed by atoms with Crippen LogP contribution < -0.4 is 5.32 Å². The summed E-state index contributed by atoms with van der Waals surface area (Å²) >= 11 is 0. The number of hydrogen-bond acceptors (Lipinski definition) is 5. The molecule has 1 aromatic rings. The van der Waals surface area contributed by atoms with E-state index in [-0.39, 0.29) is 11.5 Å². The number of carbonyl (C=O) groups excluding carboxylic acids is 1. The Morgan fingerprint density at radius 1 is 1.24 bits per heavy atom. The lowest BCUT2D eigenvalue weighted by molar-refractivity contribution is 0.00578. The minimum absolute atomic E-state index is 0.00907. The normalized spacial score (nSPS) is 19.3. The molecule has 5 nitrogen and oxygen atoms in total. The van der Waals surface area contributed by atoms with Crippen LogP contribution in [0.3, 0.4) is 0 Å². The summed E-state index contributed by atoms with van der Waals surface area (Å²) in [5.41, 5.74) is 1.27. The highest BCUT2D eigenvalue weighted by Crippen LogP contribution is 2.38. The number of phenolic OH excluding ortho intramolecular Hbond substituents is 1. The Bertz CT molecular complexity index is 666. The van der Waals surface area contributed by atoms with Crippen LogP contribution in [-0.4, -0.2) is 42.8 Å². The van der Waals surface area contributed by atoms with E-state index < -0.39 is 18.3 Å². The summed E-state index contributed by atoms with van der Waals surface area (Å²) in [7, 11) is 1.40. The van der Waals surface area contributed by atoms with Crippen LogP contribution in [0.4, 0.5) is 0 Å². The van der Waals surface area contributed by atoms with Gasteiger partial charge in [0.1, 0.15) is 5.75 Å². The molecule has 25 heavy (non-hydrogen) atoms.